The average Bonchev–Trinajstić information content (AvgIpc) is 3.19. The van der Waals surface area contributed by atoms with Gasteiger partial charge in [-0.25, -0.2) is 13.1 Å². The van der Waals surface area contributed by atoms with E-state index in [9.17, 15) is 21.6 Å². The minimum atomic E-state index is -4.48. The molecule has 1 saturated carbocycles. The zero-order valence-corrected chi connectivity index (χ0v) is 12.6. The Hall–Kier alpha value is -0.830. The molecule has 1 atom stereocenters. The van der Waals surface area contributed by atoms with Crippen molar-refractivity contribution >= 4 is 22.4 Å². The minimum absolute atomic E-state index is 0. The first-order valence-corrected chi connectivity index (χ1v) is 7.61. The SMILES string of the molecule is Cl.NC(CNS(=O)(=O)c1ccc(C(F)(F)F)cc1)C1CC1. The monoisotopic (exact) mass is 344 g/mol. The molecule has 1 unspecified atom stereocenters. The van der Waals surface area contributed by atoms with Crippen molar-refractivity contribution in [3.05, 3.63) is 29.8 Å². The Morgan fingerprint density at radius 3 is 2.19 bits per heavy atom. The molecule has 0 heterocycles. The number of benzene rings is 1. The fraction of sp³-hybridized carbons (Fsp3) is 0.500. The highest BCUT2D eigenvalue weighted by molar-refractivity contribution is 7.89. The lowest BCUT2D eigenvalue weighted by Crippen LogP contribution is -2.38. The number of sulfonamides is 1. The zero-order chi connectivity index (χ0) is 15.0. The van der Waals surface area contributed by atoms with Gasteiger partial charge in [0.15, 0.2) is 0 Å². The van der Waals surface area contributed by atoms with E-state index in [0.29, 0.717) is 5.92 Å². The minimum Gasteiger partial charge on any atom is -0.326 e. The van der Waals surface area contributed by atoms with Crippen LogP contribution in [-0.4, -0.2) is 21.0 Å². The first kappa shape index (κ1) is 18.2. The molecule has 1 aliphatic carbocycles. The van der Waals surface area contributed by atoms with Crippen LogP contribution in [0.2, 0.25) is 0 Å². The quantitative estimate of drug-likeness (QED) is 0.859. The molecule has 0 bridgehead atoms. The second-order valence-electron chi connectivity index (χ2n) is 4.88. The van der Waals surface area contributed by atoms with Crippen LogP contribution in [0.4, 0.5) is 13.2 Å². The molecule has 1 fully saturated rings. The molecular formula is C12H16ClF3N2O2S. The van der Waals surface area contributed by atoms with Gasteiger partial charge in [0.2, 0.25) is 10.0 Å². The zero-order valence-electron chi connectivity index (χ0n) is 10.9. The lowest BCUT2D eigenvalue weighted by Gasteiger charge is -2.12. The van der Waals surface area contributed by atoms with Crippen LogP contribution in [0.25, 0.3) is 0 Å². The number of hydrogen-bond acceptors (Lipinski definition) is 3. The van der Waals surface area contributed by atoms with Crippen LogP contribution in [0.5, 0.6) is 0 Å². The van der Waals surface area contributed by atoms with Gasteiger partial charge in [-0.1, -0.05) is 0 Å². The summed E-state index contributed by atoms with van der Waals surface area (Å²) in [6.45, 7) is 0.0913. The fourth-order valence-electron chi connectivity index (χ4n) is 1.80. The van der Waals surface area contributed by atoms with E-state index >= 15 is 0 Å². The van der Waals surface area contributed by atoms with E-state index in [4.69, 9.17) is 5.73 Å². The van der Waals surface area contributed by atoms with E-state index in [1.54, 1.807) is 0 Å². The molecule has 0 aliphatic heterocycles. The predicted octanol–water partition coefficient (Wildman–Crippen LogP) is 2.14. The van der Waals surface area contributed by atoms with Crippen LogP contribution < -0.4 is 10.5 Å². The second kappa shape index (κ2) is 6.51. The number of rotatable bonds is 5. The lowest BCUT2D eigenvalue weighted by atomic mass is 10.2. The molecule has 21 heavy (non-hydrogen) atoms. The first-order chi connectivity index (χ1) is 9.20. The summed E-state index contributed by atoms with van der Waals surface area (Å²) in [5.74, 6) is 0.338. The van der Waals surface area contributed by atoms with Gasteiger partial charge in [-0.3, -0.25) is 0 Å². The van der Waals surface area contributed by atoms with Crippen molar-refractivity contribution < 1.29 is 21.6 Å². The van der Waals surface area contributed by atoms with Crippen LogP contribution in [0.1, 0.15) is 18.4 Å². The van der Waals surface area contributed by atoms with Crippen molar-refractivity contribution in [1.29, 1.82) is 0 Å². The van der Waals surface area contributed by atoms with E-state index in [-0.39, 0.29) is 29.9 Å². The predicted molar refractivity (Wildman–Crippen MR) is 74.6 cm³/mol. The van der Waals surface area contributed by atoms with Crippen molar-refractivity contribution in [1.82, 2.24) is 4.72 Å². The summed E-state index contributed by atoms with van der Waals surface area (Å²) in [4.78, 5) is -0.200. The second-order valence-corrected chi connectivity index (χ2v) is 6.64. The molecule has 0 spiro atoms. The highest BCUT2D eigenvalue weighted by atomic mass is 35.5. The summed E-state index contributed by atoms with van der Waals surface area (Å²) in [5.41, 5.74) is 4.89. The number of alkyl halides is 3. The van der Waals surface area contributed by atoms with Crippen molar-refractivity contribution in [2.75, 3.05) is 6.54 Å². The summed E-state index contributed by atoms with van der Waals surface area (Å²) in [7, 11) is -3.82. The molecule has 1 aromatic rings. The van der Waals surface area contributed by atoms with Crippen LogP contribution in [0.3, 0.4) is 0 Å². The van der Waals surface area contributed by atoms with Crippen LogP contribution in [-0.2, 0) is 16.2 Å². The fourth-order valence-corrected chi connectivity index (χ4v) is 2.88. The maximum atomic E-state index is 12.4. The van der Waals surface area contributed by atoms with Crippen LogP contribution >= 0.6 is 12.4 Å². The first-order valence-electron chi connectivity index (χ1n) is 6.12. The number of halogens is 4. The molecule has 1 aromatic carbocycles. The molecular weight excluding hydrogens is 329 g/mol. The Balaban J connectivity index is 0.00000220. The Labute approximate surface area is 127 Å². The molecule has 0 saturated heterocycles. The van der Waals surface area contributed by atoms with Gasteiger partial charge in [-0.05, 0) is 43.0 Å². The van der Waals surface area contributed by atoms with Crippen LogP contribution in [0, 0.1) is 5.92 Å². The molecule has 1 aliphatic rings. The smallest absolute Gasteiger partial charge is 0.326 e. The topological polar surface area (TPSA) is 72.2 Å². The van der Waals surface area contributed by atoms with Gasteiger partial charge < -0.3 is 5.73 Å². The Morgan fingerprint density at radius 1 is 1.24 bits per heavy atom. The molecule has 2 rings (SSSR count). The van der Waals surface area contributed by atoms with E-state index in [1.165, 1.54) is 0 Å². The number of nitrogens with two attached hydrogens (primary N) is 1. The van der Waals surface area contributed by atoms with Gasteiger partial charge in [0, 0.05) is 12.6 Å². The highest BCUT2D eigenvalue weighted by Gasteiger charge is 2.31. The van der Waals surface area contributed by atoms with E-state index < -0.39 is 21.8 Å². The molecule has 0 radical (unpaired) electrons. The lowest BCUT2D eigenvalue weighted by molar-refractivity contribution is -0.137. The summed E-state index contributed by atoms with van der Waals surface area (Å²) < 4.78 is 63.3. The van der Waals surface area contributed by atoms with Gasteiger partial charge in [-0.15, -0.1) is 12.4 Å². The Morgan fingerprint density at radius 2 is 1.76 bits per heavy atom. The summed E-state index contributed by atoms with van der Waals surface area (Å²) >= 11 is 0. The average molecular weight is 345 g/mol. The maximum Gasteiger partial charge on any atom is 0.416 e. The van der Waals surface area contributed by atoms with Crippen molar-refractivity contribution in [3.63, 3.8) is 0 Å². The number of nitrogens with one attached hydrogen (secondary N) is 1. The van der Waals surface area contributed by atoms with Gasteiger partial charge >= 0.3 is 6.18 Å². The molecule has 3 N–H and O–H groups in total. The van der Waals surface area contributed by atoms with Crippen molar-refractivity contribution in [2.24, 2.45) is 11.7 Å². The van der Waals surface area contributed by atoms with Gasteiger partial charge in [0.05, 0.1) is 10.5 Å². The van der Waals surface area contributed by atoms with Gasteiger partial charge in [0.25, 0.3) is 0 Å². The third-order valence-electron chi connectivity index (χ3n) is 3.23. The molecule has 4 nitrogen and oxygen atoms in total. The van der Waals surface area contributed by atoms with Crippen molar-refractivity contribution in [2.45, 2.75) is 30.0 Å². The largest absolute Gasteiger partial charge is 0.416 e. The summed E-state index contributed by atoms with van der Waals surface area (Å²) in [6.07, 6.45) is -2.50. The highest BCUT2D eigenvalue weighted by Crippen LogP contribution is 2.31. The number of hydrogen-bond donors (Lipinski definition) is 2. The van der Waals surface area contributed by atoms with E-state index in [0.717, 1.165) is 37.1 Å². The van der Waals surface area contributed by atoms with Crippen LogP contribution in [0.15, 0.2) is 29.2 Å². The third-order valence-corrected chi connectivity index (χ3v) is 4.67. The standard InChI is InChI=1S/C12H15F3N2O2S.ClH/c13-12(14,15)9-3-5-10(6-4-9)20(18,19)17-7-11(16)8-1-2-8;/h3-6,8,11,17H,1-2,7,16H2;1H. The Kier molecular flexibility index (Phi) is 5.65. The van der Waals surface area contributed by atoms with E-state index in [2.05, 4.69) is 4.72 Å². The summed E-state index contributed by atoms with van der Waals surface area (Å²) in [6, 6.07) is 3.12. The van der Waals surface area contributed by atoms with Gasteiger partial charge in [0.1, 0.15) is 0 Å². The molecule has 9 heteroatoms. The van der Waals surface area contributed by atoms with Gasteiger partial charge in [-0.2, -0.15) is 13.2 Å². The maximum absolute atomic E-state index is 12.4. The van der Waals surface area contributed by atoms with Crippen molar-refractivity contribution in [3.8, 4) is 0 Å². The molecule has 120 valence electrons. The third kappa shape index (κ3) is 4.84. The Bertz CT molecular complexity index is 571. The molecule has 0 amide bonds. The normalized spacial score (nSPS) is 17.1. The van der Waals surface area contributed by atoms with E-state index in [1.807, 2.05) is 0 Å². The summed E-state index contributed by atoms with van der Waals surface area (Å²) in [5, 5.41) is 0. The molecule has 0 aromatic heterocycles.